The molecule has 3 aromatic rings. The van der Waals surface area contributed by atoms with Crippen LogP contribution in [-0.2, 0) is 4.79 Å². The average Bonchev–Trinajstić information content (AvgIpc) is 2.69. The zero-order chi connectivity index (χ0) is 18.2. The molecular weight excluding hydrogens is 324 g/mol. The van der Waals surface area contributed by atoms with Gasteiger partial charge in [0.05, 0.1) is 6.21 Å². The largest absolute Gasteiger partial charge is 0.484 e. The summed E-state index contributed by atoms with van der Waals surface area (Å²) in [7, 11) is 0. The summed E-state index contributed by atoms with van der Waals surface area (Å²) < 4.78 is 5.50. The van der Waals surface area contributed by atoms with E-state index >= 15 is 0 Å². The van der Waals surface area contributed by atoms with Crippen molar-refractivity contribution >= 4 is 12.1 Å². The van der Waals surface area contributed by atoms with Crippen LogP contribution < -0.4 is 10.2 Å². The maximum atomic E-state index is 11.8. The van der Waals surface area contributed by atoms with Crippen molar-refractivity contribution in [3.05, 3.63) is 90.0 Å². The maximum absolute atomic E-state index is 11.8. The first-order valence-corrected chi connectivity index (χ1v) is 8.38. The number of hydrazone groups is 1. The molecule has 0 saturated carbocycles. The fourth-order valence-electron chi connectivity index (χ4n) is 2.46. The van der Waals surface area contributed by atoms with Gasteiger partial charge in [0.15, 0.2) is 6.61 Å². The normalized spacial score (nSPS) is 10.7. The van der Waals surface area contributed by atoms with E-state index in [4.69, 9.17) is 4.74 Å². The molecule has 3 rings (SSSR count). The molecule has 0 aliphatic heterocycles. The molecule has 0 aromatic heterocycles. The Labute approximate surface area is 153 Å². The van der Waals surface area contributed by atoms with Gasteiger partial charge in [-0.15, -0.1) is 0 Å². The Morgan fingerprint density at radius 1 is 0.923 bits per heavy atom. The van der Waals surface area contributed by atoms with E-state index in [0.29, 0.717) is 5.75 Å². The molecule has 0 heterocycles. The molecule has 1 amide bonds. The van der Waals surface area contributed by atoms with Gasteiger partial charge in [0.1, 0.15) is 5.75 Å². The molecule has 0 aliphatic carbocycles. The second-order valence-electron chi connectivity index (χ2n) is 5.83. The molecule has 0 bridgehead atoms. The lowest BCUT2D eigenvalue weighted by Crippen LogP contribution is -2.24. The number of nitrogens with one attached hydrogen (secondary N) is 1. The Morgan fingerprint density at radius 3 is 2.31 bits per heavy atom. The minimum atomic E-state index is -0.304. The number of rotatable bonds is 6. The van der Waals surface area contributed by atoms with Crippen molar-refractivity contribution in [2.45, 2.75) is 6.92 Å². The fraction of sp³-hybridized carbons (Fsp3) is 0.0909. The lowest BCUT2D eigenvalue weighted by Gasteiger charge is -2.07. The third kappa shape index (κ3) is 4.80. The Kier molecular flexibility index (Phi) is 5.78. The summed E-state index contributed by atoms with van der Waals surface area (Å²) in [5, 5.41) is 3.96. The quantitative estimate of drug-likeness (QED) is 0.538. The molecule has 130 valence electrons. The number of hydrogen-bond acceptors (Lipinski definition) is 3. The molecule has 0 aliphatic rings. The minimum Gasteiger partial charge on any atom is -0.484 e. The first kappa shape index (κ1) is 17.4. The summed E-state index contributed by atoms with van der Waals surface area (Å²) in [4.78, 5) is 11.8. The van der Waals surface area contributed by atoms with Crippen molar-refractivity contribution in [2.75, 3.05) is 6.61 Å². The van der Waals surface area contributed by atoms with Crippen molar-refractivity contribution in [2.24, 2.45) is 5.10 Å². The third-order valence-electron chi connectivity index (χ3n) is 3.91. The molecule has 0 fully saturated rings. The number of hydrogen-bond donors (Lipinski definition) is 1. The first-order valence-electron chi connectivity index (χ1n) is 8.38. The highest BCUT2D eigenvalue weighted by Gasteiger charge is 2.02. The van der Waals surface area contributed by atoms with Gasteiger partial charge in [0.25, 0.3) is 5.91 Å². The number of aryl methyl sites for hydroxylation is 1. The van der Waals surface area contributed by atoms with Crippen LogP contribution in [0.25, 0.3) is 11.1 Å². The summed E-state index contributed by atoms with van der Waals surface area (Å²) in [6.07, 6.45) is 1.63. The van der Waals surface area contributed by atoms with E-state index in [-0.39, 0.29) is 12.5 Å². The molecule has 0 unspecified atom stereocenters. The Bertz CT molecular complexity index is 888. The van der Waals surface area contributed by atoms with Crippen LogP contribution in [0.3, 0.4) is 0 Å². The van der Waals surface area contributed by atoms with Crippen molar-refractivity contribution in [3.8, 4) is 16.9 Å². The van der Waals surface area contributed by atoms with Crippen LogP contribution in [0.1, 0.15) is 11.1 Å². The third-order valence-corrected chi connectivity index (χ3v) is 3.91. The van der Waals surface area contributed by atoms with E-state index in [1.54, 1.807) is 6.21 Å². The molecule has 4 heteroatoms. The summed E-state index contributed by atoms with van der Waals surface area (Å²) in [6.45, 7) is 1.90. The van der Waals surface area contributed by atoms with Crippen LogP contribution in [0.2, 0.25) is 0 Å². The van der Waals surface area contributed by atoms with Gasteiger partial charge in [-0.05, 0) is 41.3 Å². The standard InChI is InChI=1S/C22H20N2O2/c1-17-7-5-6-10-20(17)15-23-24-22(25)16-26-21-13-11-19(12-14-21)18-8-3-2-4-9-18/h2-15H,16H2,1H3,(H,24,25)/b23-15-. The van der Waals surface area contributed by atoms with Gasteiger partial charge < -0.3 is 4.74 Å². The van der Waals surface area contributed by atoms with Gasteiger partial charge >= 0.3 is 0 Å². The number of benzene rings is 3. The van der Waals surface area contributed by atoms with Crippen LogP contribution in [0.5, 0.6) is 5.75 Å². The SMILES string of the molecule is Cc1ccccc1/C=N\NC(=O)COc1ccc(-c2ccccc2)cc1. The van der Waals surface area contributed by atoms with Crippen molar-refractivity contribution in [1.82, 2.24) is 5.43 Å². The van der Waals surface area contributed by atoms with Crippen LogP contribution in [0, 0.1) is 6.92 Å². The molecular formula is C22H20N2O2. The summed E-state index contributed by atoms with van der Waals surface area (Å²) in [5.41, 5.74) is 6.78. The smallest absolute Gasteiger partial charge is 0.277 e. The lowest BCUT2D eigenvalue weighted by molar-refractivity contribution is -0.123. The van der Waals surface area contributed by atoms with Crippen LogP contribution in [0.4, 0.5) is 0 Å². The second-order valence-corrected chi connectivity index (χ2v) is 5.83. The van der Waals surface area contributed by atoms with Gasteiger partial charge in [0.2, 0.25) is 0 Å². The van der Waals surface area contributed by atoms with Crippen LogP contribution in [-0.4, -0.2) is 18.7 Å². The number of carbonyl (C=O) groups excluding carboxylic acids is 1. The van der Waals surface area contributed by atoms with Crippen molar-refractivity contribution in [1.29, 1.82) is 0 Å². The molecule has 4 nitrogen and oxygen atoms in total. The van der Waals surface area contributed by atoms with E-state index < -0.39 is 0 Å². The van der Waals surface area contributed by atoms with Gasteiger partial charge in [-0.3, -0.25) is 4.79 Å². The van der Waals surface area contributed by atoms with Crippen molar-refractivity contribution in [3.63, 3.8) is 0 Å². The maximum Gasteiger partial charge on any atom is 0.277 e. The van der Waals surface area contributed by atoms with Gasteiger partial charge in [-0.2, -0.15) is 5.10 Å². The zero-order valence-electron chi connectivity index (χ0n) is 14.6. The predicted molar refractivity (Wildman–Crippen MR) is 104 cm³/mol. The number of carbonyl (C=O) groups is 1. The Balaban J connectivity index is 1.49. The Hall–Kier alpha value is -3.40. The van der Waals surface area contributed by atoms with E-state index in [1.807, 2.05) is 73.7 Å². The fourth-order valence-corrected chi connectivity index (χ4v) is 2.46. The first-order chi connectivity index (χ1) is 12.7. The predicted octanol–water partition coefficient (Wildman–Crippen LogP) is 4.19. The number of nitrogens with zero attached hydrogens (tertiary/aromatic N) is 1. The molecule has 1 N–H and O–H groups in total. The molecule has 0 saturated heterocycles. The highest BCUT2D eigenvalue weighted by Crippen LogP contribution is 2.21. The summed E-state index contributed by atoms with van der Waals surface area (Å²) >= 11 is 0. The molecule has 3 aromatic carbocycles. The second kappa shape index (κ2) is 8.62. The van der Waals surface area contributed by atoms with E-state index in [9.17, 15) is 4.79 Å². The van der Waals surface area contributed by atoms with Crippen molar-refractivity contribution < 1.29 is 9.53 Å². The monoisotopic (exact) mass is 344 g/mol. The minimum absolute atomic E-state index is 0.0875. The molecule has 0 atom stereocenters. The highest BCUT2D eigenvalue weighted by atomic mass is 16.5. The topological polar surface area (TPSA) is 50.7 Å². The highest BCUT2D eigenvalue weighted by molar-refractivity contribution is 5.84. The van der Waals surface area contributed by atoms with E-state index in [0.717, 1.165) is 22.3 Å². The lowest BCUT2D eigenvalue weighted by atomic mass is 10.1. The van der Waals surface area contributed by atoms with Crippen LogP contribution >= 0.6 is 0 Å². The molecule has 0 radical (unpaired) electrons. The molecule has 0 spiro atoms. The van der Waals surface area contributed by atoms with E-state index in [2.05, 4.69) is 22.7 Å². The zero-order valence-corrected chi connectivity index (χ0v) is 14.6. The van der Waals surface area contributed by atoms with Gasteiger partial charge in [-0.1, -0.05) is 66.7 Å². The van der Waals surface area contributed by atoms with Gasteiger partial charge in [-0.25, -0.2) is 5.43 Å². The number of ether oxygens (including phenoxy) is 1. The van der Waals surface area contributed by atoms with E-state index in [1.165, 1.54) is 0 Å². The Morgan fingerprint density at radius 2 is 1.58 bits per heavy atom. The van der Waals surface area contributed by atoms with Crippen LogP contribution in [0.15, 0.2) is 84.0 Å². The summed E-state index contributed by atoms with van der Waals surface area (Å²) in [5.74, 6) is 0.338. The number of amides is 1. The average molecular weight is 344 g/mol. The van der Waals surface area contributed by atoms with Gasteiger partial charge in [0, 0.05) is 0 Å². The summed E-state index contributed by atoms with van der Waals surface area (Å²) in [6, 6.07) is 25.6. The molecule has 26 heavy (non-hydrogen) atoms.